The van der Waals surface area contributed by atoms with Crippen molar-refractivity contribution in [3.8, 4) is 5.75 Å². The number of carboxylic acids is 1. The molecule has 18 heavy (non-hydrogen) atoms. The predicted molar refractivity (Wildman–Crippen MR) is 72.4 cm³/mol. The van der Waals surface area contributed by atoms with Gasteiger partial charge in [0.2, 0.25) is 0 Å². The summed E-state index contributed by atoms with van der Waals surface area (Å²) in [7, 11) is 1.63. The first-order chi connectivity index (χ1) is 8.51. The molecule has 0 fully saturated rings. The first-order valence-electron chi connectivity index (χ1n) is 6.39. The molecule has 0 amide bonds. The number of carbonyl (C=O) groups is 1. The smallest absolute Gasteiger partial charge is 0.310 e. The molecule has 1 unspecified atom stereocenters. The summed E-state index contributed by atoms with van der Waals surface area (Å²) >= 11 is 0. The summed E-state index contributed by atoms with van der Waals surface area (Å²) in [6.45, 7) is 5.96. The number of unbranched alkanes of at least 4 members (excludes halogenated alkanes) is 1. The van der Waals surface area contributed by atoms with Crippen molar-refractivity contribution in [2.24, 2.45) is 0 Å². The minimum Gasteiger partial charge on any atom is -0.496 e. The van der Waals surface area contributed by atoms with Gasteiger partial charge in [-0.2, -0.15) is 0 Å². The third-order valence-corrected chi connectivity index (χ3v) is 3.30. The van der Waals surface area contributed by atoms with Crippen LogP contribution < -0.4 is 4.74 Å². The highest BCUT2D eigenvalue weighted by Crippen LogP contribution is 2.30. The van der Waals surface area contributed by atoms with E-state index in [0.717, 1.165) is 35.3 Å². The highest BCUT2D eigenvalue weighted by atomic mass is 16.5. The van der Waals surface area contributed by atoms with Gasteiger partial charge in [-0.3, -0.25) is 4.79 Å². The van der Waals surface area contributed by atoms with Crippen molar-refractivity contribution in [1.82, 2.24) is 0 Å². The van der Waals surface area contributed by atoms with Gasteiger partial charge >= 0.3 is 5.97 Å². The molecule has 0 aromatic heterocycles. The first kappa shape index (κ1) is 14.6. The molecule has 0 saturated carbocycles. The Balaban J connectivity index is 3.12. The largest absolute Gasteiger partial charge is 0.496 e. The van der Waals surface area contributed by atoms with Crippen LogP contribution in [0, 0.1) is 13.8 Å². The van der Waals surface area contributed by atoms with E-state index in [9.17, 15) is 9.90 Å². The summed E-state index contributed by atoms with van der Waals surface area (Å²) in [5, 5.41) is 9.36. The summed E-state index contributed by atoms with van der Waals surface area (Å²) in [4.78, 5) is 11.4. The van der Waals surface area contributed by atoms with Gasteiger partial charge in [0.05, 0.1) is 13.0 Å². The average molecular weight is 250 g/mol. The Morgan fingerprint density at radius 2 is 2.00 bits per heavy atom. The maximum Gasteiger partial charge on any atom is 0.310 e. The number of benzene rings is 1. The second-order valence-electron chi connectivity index (χ2n) is 4.71. The summed E-state index contributed by atoms with van der Waals surface area (Å²) in [6.07, 6.45) is 2.64. The Labute approximate surface area is 109 Å². The Kier molecular flexibility index (Phi) is 5.20. The number of aryl methyl sites for hydroxylation is 2. The zero-order valence-electron chi connectivity index (χ0n) is 11.6. The summed E-state index contributed by atoms with van der Waals surface area (Å²) in [6, 6.07) is 3.87. The highest BCUT2D eigenvalue weighted by Gasteiger charge is 2.22. The number of ether oxygens (including phenoxy) is 1. The highest BCUT2D eigenvalue weighted by molar-refractivity contribution is 5.77. The predicted octanol–water partition coefficient (Wildman–Crippen LogP) is 3.67. The van der Waals surface area contributed by atoms with Gasteiger partial charge in [-0.1, -0.05) is 25.8 Å². The van der Waals surface area contributed by atoms with Gasteiger partial charge in [0.25, 0.3) is 0 Å². The molecule has 1 aromatic rings. The second-order valence-corrected chi connectivity index (χ2v) is 4.71. The molecule has 1 aromatic carbocycles. The topological polar surface area (TPSA) is 46.5 Å². The molecular formula is C15H22O3. The van der Waals surface area contributed by atoms with E-state index < -0.39 is 11.9 Å². The number of methoxy groups -OCH3 is 1. The second kappa shape index (κ2) is 6.43. The van der Waals surface area contributed by atoms with Gasteiger partial charge in [0.1, 0.15) is 5.75 Å². The minimum absolute atomic E-state index is 0.408. The van der Waals surface area contributed by atoms with E-state index in [1.54, 1.807) is 7.11 Å². The van der Waals surface area contributed by atoms with E-state index in [1.165, 1.54) is 0 Å². The minimum atomic E-state index is -0.740. The van der Waals surface area contributed by atoms with E-state index in [-0.39, 0.29) is 0 Å². The third-order valence-electron chi connectivity index (χ3n) is 3.30. The Morgan fingerprint density at radius 1 is 1.33 bits per heavy atom. The lowest BCUT2D eigenvalue weighted by atomic mass is 9.89. The molecule has 1 rings (SSSR count). The fourth-order valence-corrected chi connectivity index (χ4v) is 2.23. The first-order valence-corrected chi connectivity index (χ1v) is 6.39. The van der Waals surface area contributed by atoms with Crippen LogP contribution in [0.2, 0.25) is 0 Å². The number of aliphatic carboxylic acids is 1. The van der Waals surface area contributed by atoms with Crippen LogP contribution in [0.4, 0.5) is 0 Å². The SMILES string of the molecule is CCCCC(C(=O)O)c1cc(C)c(OC)cc1C. The van der Waals surface area contributed by atoms with E-state index in [2.05, 4.69) is 6.92 Å². The van der Waals surface area contributed by atoms with Crippen molar-refractivity contribution in [3.63, 3.8) is 0 Å². The monoisotopic (exact) mass is 250 g/mol. The van der Waals surface area contributed by atoms with Gasteiger partial charge < -0.3 is 9.84 Å². The number of hydrogen-bond acceptors (Lipinski definition) is 2. The van der Waals surface area contributed by atoms with Crippen LogP contribution in [0.3, 0.4) is 0 Å². The van der Waals surface area contributed by atoms with Crippen molar-refractivity contribution in [1.29, 1.82) is 0 Å². The summed E-state index contributed by atoms with van der Waals surface area (Å²) in [5.74, 6) is -0.332. The Bertz CT molecular complexity index is 424. The fraction of sp³-hybridized carbons (Fsp3) is 0.533. The number of rotatable bonds is 6. The van der Waals surface area contributed by atoms with E-state index in [4.69, 9.17) is 4.74 Å². The molecule has 100 valence electrons. The van der Waals surface area contributed by atoms with Crippen molar-refractivity contribution in [2.45, 2.75) is 46.0 Å². The molecule has 1 N–H and O–H groups in total. The van der Waals surface area contributed by atoms with E-state index in [0.29, 0.717) is 6.42 Å². The van der Waals surface area contributed by atoms with Crippen LogP contribution >= 0.6 is 0 Å². The number of hydrogen-bond donors (Lipinski definition) is 1. The maximum atomic E-state index is 11.4. The van der Waals surface area contributed by atoms with Crippen LogP contribution in [0.25, 0.3) is 0 Å². The van der Waals surface area contributed by atoms with Gasteiger partial charge in [-0.25, -0.2) is 0 Å². The zero-order valence-corrected chi connectivity index (χ0v) is 11.6. The van der Waals surface area contributed by atoms with E-state index >= 15 is 0 Å². The van der Waals surface area contributed by atoms with Gasteiger partial charge in [-0.05, 0) is 43.0 Å². The molecule has 0 aliphatic heterocycles. The normalized spacial score (nSPS) is 12.2. The van der Waals surface area contributed by atoms with E-state index in [1.807, 2.05) is 26.0 Å². The van der Waals surface area contributed by atoms with Crippen molar-refractivity contribution >= 4 is 5.97 Å². The van der Waals surface area contributed by atoms with Crippen molar-refractivity contribution in [3.05, 3.63) is 28.8 Å². The Morgan fingerprint density at radius 3 is 2.50 bits per heavy atom. The van der Waals surface area contributed by atoms with Gasteiger partial charge in [-0.15, -0.1) is 0 Å². The van der Waals surface area contributed by atoms with Crippen LogP contribution in [-0.2, 0) is 4.79 Å². The molecule has 0 aliphatic rings. The average Bonchev–Trinajstić information content (AvgIpc) is 2.32. The number of carboxylic acid groups (broad SMARTS) is 1. The fourth-order valence-electron chi connectivity index (χ4n) is 2.23. The molecule has 0 saturated heterocycles. The molecule has 3 heteroatoms. The van der Waals surface area contributed by atoms with Crippen LogP contribution in [0.15, 0.2) is 12.1 Å². The molecule has 0 heterocycles. The molecule has 0 aliphatic carbocycles. The maximum absolute atomic E-state index is 11.4. The van der Waals surface area contributed by atoms with Gasteiger partial charge in [0, 0.05) is 0 Å². The molecule has 1 atom stereocenters. The quantitative estimate of drug-likeness (QED) is 0.838. The lowest BCUT2D eigenvalue weighted by Gasteiger charge is -2.17. The van der Waals surface area contributed by atoms with Crippen LogP contribution in [0.5, 0.6) is 5.75 Å². The van der Waals surface area contributed by atoms with Crippen LogP contribution in [0.1, 0.15) is 48.8 Å². The third kappa shape index (κ3) is 3.25. The molecular weight excluding hydrogens is 228 g/mol. The van der Waals surface area contributed by atoms with Crippen molar-refractivity contribution < 1.29 is 14.6 Å². The molecule has 0 radical (unpaired) electrons. The Hall–Kier alpha value is -1.51. The summed E-state index contributed by atoms with van der Waals surface area (Å²) < 4.78 is 5.25. The van der Waals surface area contributed by atoms with Gasteiger partial charge in [0.15, 0.2) is 0 Å². The molecule has 3 nitrogen and oxygen atoms in total. The molecule has 0 bridgehead atoms. The lowest BCUT2D eigenvalue weighted by Crippen LogP contribution is -2.13. The zero-order chi connectivity index (χ0) is 13.7. The van der Waals surface area contributed by atoms with Crippen molar-refractivity contribution in [2.75, 3.05) is 7.11 Å². The van der Waals surface area contributed by atoms with Crippen LogP contribution in [-0.4, -0.2) is 18.2 Å². The summed E-state index contributed by atoms with van der Waals surface area (Å²) in [5.41, 5.74) is 2.89. The standard InChI is InChI=1S/C15H22O3/c1-5-6-7-12(15(16)17)13-8-11(3)14(18-4)9-10(13)2/h8-9,12H,5-7H2,1-4H3,(H,16,17). The lowest BCUT2D eigenvalue weighted by molar-refractivity contribution is -0.139. The molecule has 0 spiro atoms.